The monoisotopic (exact) mass is 424 g/mol. The summed E-state index contributed by atoms with van der Waals surface area (Å²) in [6.45, 7) is 5.49. The van der Waals surface area contributed by atoms with Crippen molar-refractivity contribution in [3.8, 4) is 11.5 Å². The van der Waals surface area contributed by atoms with Crippen molar-refractivity contribution in [1.29, 1.82) is 0 Å². The Labute approximate surface area is 170 Å². The molecule has 9 heteroatoms. The van der Waals surface area contributed by atoms with Crippen LogP contribution in [0, 0.1) is 12.7 Å². The maximum absolute atomic E-state index is 14.3. The summed E-state index contributed by atoms with van der Waals surface area (Å²) >= 11 is 0. The number of nitrogens with zero attached hydrogens (tertiary/aromatic N) is 1. The van der Waals surface area contributed by atoms with Crippen LogP contribution in [0.2, 0.25) is 0 Å². The van der Waals surface area contributed by atoms with Crippen LogP contribution < -0.4 is 14.8 Å². The van der Waals surface area contributed by atoms with Gasteiger partial charge in [-0.15, -0.1) is 0 Å². The van der Waals surface area contributed by atoms with E-state index in [1.807, 2.05) is 0 Å². The minimum atomic E-state index is -4.05. The molecule has 0 heterocycles. The molecule has 0 fully saturated rings. The van der Waals surface area contributed by atoms with Gasteiger partial charge in [-0.05, 0) is 36.8 Å². The number of halogens is 1. The van der Waals surface area contributed by atoms with E-state index in [9.17, 15) is 17.6 Å². The minimum Gasteiger partial charge on any atom is -0.493 e. The van der Waals surface area contributed by atoms with Crippen molar-refractivity contribution in [2.45, 2.75) is 25.7 Å². The van der Waals surface area contributed by atoms with Crippen molar-refractivity contribution in [2.24, 2.45) is 0 Å². The first-order valence-corrected chi connectivity index (χ1v) is 10.5. The lowest BCUT2D eigenvalue weighted by atomic mass is 10.1. The van der Waals surface area contributed by atoms with Crippen molar-refractivity contribution in [1.82, 2.24) is 4.31 Å². The molecule has 0 aliphatic heterocycles. The van der Waals surface area contributed by atoms with Gasteiger partial charge in [0.25, 0.3) is 5.91 Å². The number of anilines is 1. The molecule has 0 aliphatic carbocycles. The summed E-state index contributed by atoms with van der Waals surface area (Å²) < 4.78 is 51.2. The fraction of sp³-hybridized carbons (Fsp3) is 0.350. The second kappa shape index (κ2) is 9.23. The zero-order chi connectivity index (χ0) is 21.8. The molecule has 0 bridgehead atoms. The summed E-state index contributed by atoms with van der Waals surface area (Å²) in [5, 5.41) is 2.70. The summed E-state index contributed by atoms with van der Waals surface area (Å²) in [4.78, 5) is 12.2. The Bertz CT molecular complexity index is 1000. The summed E-state index contributed by atoms with van der Waals surface area (Å²) in [5.74, 6) is -0.540. The van der Waals surface area contributed by atoms with Crippen LogP contribution in [-0.4, -0.2) is 45.9 Å². The molecule has 0 aromatic heterocycles. The van der Waals surface area contributed by atoms with E-state index in [-0.39, 0.29) is 18.7 Å². The Morgan fingerprint density at radius 3 is 2.21 bits per heavy atom. The van der Waals surface area contributed by atoms with E-state index in [2.05, 4.69) is 5.32 Å². The lowest BCUT2D eigenvalue weighted by molar-refractivity contribution is 0.102. The average molecular weight is 424 g/mol. The van der Waals surface area contributed by atoms with Crippen LogP contribution in [0.4, 0.5) is 10.1 Å². The van der Waals surface area contributed by atoms with Gasteiger partial charge < -0.3 is 14.8 Å². The van der Waals surface area contributed by atoms with Crippen LogP contribution in [0.15, 0.2) is 35.2 Å². The number of sulfonamides is 1. The molecule has 1 amide bonds. The highest BCUT2D eigenvalue weighted by molar-refractivity contribution is 7.89. The first kappa shape index (κ1) is 22.6. The highest BCUT2D eigenvalue weighted by atomic mass is 32.2. The average Bonchev–Trinajstić information content (AvgIpc) is 2.69. The summed E-state index contributed by atoms with van der Waals surface area (Å²) in [7, 11) is -1.07. The van der Waals surface area contributed by atoms with Gasteiger partial charge >= 0.3 is 0 Å². The Morgan fingerprint density at radius 1 is 1.07 bits per heavy atom. The van der Waals surface area contributed by atoms with Gasteiger partial charge in [-0.2, -0.15) is 4.31 Å². The number of hydrogen-bond donors (Lipinski definition) is 1. The van der Waals surface area contributed by atoms with E-state index >= 15 is 0 Å². The highest BCUT2D eigenvalue weighted by Gasteiger charge is 2.26. The molecule has 158 valence electrons. The number of aryl methyl sites for hydroxylation is 1. The molecule has 2 aromatic rings. The van der Waals surface area contributed by atoms with E-state index < -0.39 is 26.6 Å². The molecular weight excluding hydrogens is 399 g/mol. The van der Waals surface area contributed by atoms with Crippen molar-refractivity contribution in [3.05, 3.63) is 47.3 Å². The molecule has 0 saturated heterocycles. The summed E-state index contributed by atoms with van der Waals surface area (Å²) in [5.41, 5.74) is 1.20. The predicted molar refractivity (Wildman–Crippen MR) is 109 cm³/mol. The molecule has 0 radical (unpaired) electrons. The Morgan fingerprint density at radius 2 is 1.66 bits per heavy atom. The molecule has 0 spiro atoms. The van der Waals surface area contributed by atoms with Gasteiger partial charge in [-0.1, -0.05) is 13.8 Å². The number of nitrogens with one attached hydrogen (secondary N) is 1. The quantitative estimate of drug-likeness (QED) is 0.702. The number of carbonyl (C=O) groups excluding carboxylic acids is 1. The van der Waals surface area contributed by atoms with Crippen LogP contribution in [0.1, 0.15) is 29.8 Å². The van der Waals surface area contributed by atoms with Crippen molar-refractivity contribution >= 4 is 21.6 Å². The van der Waals surface area contributed by atoms with Gasteiger partial charge in [0.05, 0.1) is 14.2 Å². The van der Waals surface area contributed by atoms with Gasteiger partial charge in [0.1, 0.15) is 10.7 Å². The van der Waals surface area contributed by atoms with Gasteiger partial charge in [0, 0.05) is 30.4 Å². The van der Waals surface area contributed by atoms with E-state index in [1.54, 1.807) is 32.9 Å². The normalized spacial score (nSPS) is 11.4. The first-order valence-electron chi connectivity index (χ1n) is 9.03. The SMILES string of the molecule is CCN(CC)S(=O)(=O)c1cc(C(=O)Nc2cc(OC)c(OC)cc2C)ccc1F. The number of benzene rings is 2. The third-order valence-corrected chi connectivity index (χ3v) is 6.56. The zero-order valence-corrected chi connectivity index (χ0v) is 17.9. The lowest BCUT2D eigenvalue weighted by Gasteiger charge is -2.19. The molecule has 0 atom stereocenters. The van der Waals surface area contributed by atoms with E-state index in [0.717, 1.165) is 16.4 Å². The largest absolute Gasteiger partial charge is 0.493 e. The zero-order valence-electron chi connectivity index (χ0n) is 17.1. The van der Waals surface area contributed by atoms with Gasteiger partial charge in [-0.3, -0.25) is 4.79 Å². The number of hydrogen-bond acceptors (Lipinski definition) is 5. The molecule has 7 nitrogen and oxygen atoms in total. The van der Waals surface area contributed by atoms with Gasteiger partial charge in [-0.25, -0.2) is 12.8 Å². The maximum atomic E-state index is 14.3. The van der Waals surface area contributed by atoms with Crippen molar-refractivity contribution in [2.75, 3.05) is 32.6 Å². The number of methoxy groups -OCH3 is 2. The molecule has 0 saturated carbocycles. The van der Waals surface area contributed by atoms with E-state index in [1.165, 1.54) is 20.3 Å². The number of amides is 1. The number of carbonyl (C=O) groups is 1. The van der Waals surface area contributed by atoms with Crippen LogP contribution in [0.25, 0.3) is 0 Å². The molecule has 0 aliphatic rings. The first-order chi connectivity index (χ1) is 13.7. The van der Waals surface area contributed by atoms with Gasteiger partial charge in [0.15, 0.2) is 11.5 Å². The van der Waals surface area contributed by atoms with Crippen LogP contribution in [0.3, 0.4) is 0 Å². The maximum Gasteiger partial charge on any atom is 0.255 e. The van der Waals surface area contributed by atoms with Gasteiger partial charge in [0.2, 0.25) is 10.0 Å². The lowest BCUT2D eigenvalue weighted by Crippen LogP contribution is -2.31. The molecule has 2 aromatic carbocycles. The Kier molecular flexibility index (Phi) is 7.21. The molecule has 1 N–H and O–H groups in total. The fourth-order valence-electron chi connectivity index (χ4n) is 2.85. The van der Waals surface area contributed by atoms with E-state index in [0.29, 0.717) is 22.7 Å². The smallest absolute Gasteiger partial charge is 0.255 e. The highest BCUT2D eigenvalue weighted by Crippen LogP contribution is 2.33. The predicted octanol–water partition coefficient (Wildman–Crippen LogP) is 3.43. The molecule has 0 unspecified atom stereocenters. The second-order valence-electron chi connectivity index (χ2n) is 6.21. The molecular formula is C20H25FN2O5S. The van der Waals surface area contributed by atoms with Crippen LogP contribution in [0.5, 0.6) is 11.5 Å². The second-order valence-corrected chi connectivity index (χ2v) is 8.12. The standard InChI is InChI=1S/C20H25FN2O5S/c1-6-23(7-2)29(25,26)19-11-14(8-9-15(19)21)20(24)22-16-12-18(28-5)17(27-4)10-13(16)3/h8-12H,6-7H2,1-5H3,(H,22,24). The molecule has 29 heavy (non-hydrogen) atoms. The molecule has 2 rings (SSSR count). The number of ether oxygens (including phenoxy) is 2. The Hall–Kier alpha value is -2.65. The van der Waals surface area contributed by atoms with E-state index in [4.69, 9.17) is 9.47 Å². The van der Waals surface area contributed by atoms with Crippen molar-refractivity contribution < 1.29 is 27.1 Å². The van der Waals surface area contributed by atoms with Crippen molar-refractivity contribution in [3.63, 3.8) is 0 Å². The third-order valence-electron chi connectivity index (χ3n) is 4.50. The topological polar surface area (TPSA) is 84.9 Å². The van der Waals surface area contributed by atoms with Crippen LogP contribution >= 0.6 is 0 Å². The summed E-state index contributed by atoms with van der Waals surface area (Å²) in [6, 6.07) is 6.57. The minimum absolute atomic E-state index is 0.0197. The fourth-order valence-corrected chi connectivity index (χ4v) is 4.40. The third kappa shape index (κ3) is 4.68. The number of rotatable bonds is 8. The summed E-state index contributed by atoms with van der Waals surface area (Å²) in [6.07, 6.45) is 0. The van der Waals surface area contributed by atoms with Crippen LogP contribution in [-0.2, 0) is 10.0 Å². The Balaban J connectivity index is 2.41.